The summed E-state index contributed by atoms with van der Waals surface area (Å²) in [7, 11) is 0. The monoisotopic (exact) mass is 277 g/mol. The van der Waals surface area contributed by atoms with Crippen LogP contribution in [0.1, 0.15) is 37.9 Å². The number of nitrogens with zero attached hydrogens (tertiary/aromatic N) is 2. The molecule has 0 fully saturated rings. The number of nitrogens with two attached hydrogens (primary N) is 1. The van der Waals surface area contributed by atoms with Crippen LogP contribution in [-0.2, 0) is 13.1 Å². The predicted octanol–water partition coefficient (Wildman–Crippen LogP) is 2.56. The van der Waals surface area contributed by atoms with Crippen molar-refractivity contribution in [2.75, 3.05) is 5.73 Å². The van der Waals surface area contributed by atoms with Crippen LogP contribution in [0.2, 0.25) is 0 Å². The van der Waals surface area contributed by atoms with Gasteiger partial charge in [-0.2, -0.15) is 0 Å². The highest BCUT2D eigenvalue weighted by Crippen LogP contribution is 2.20. The zero-order valence-corrected chi connectivity index (χ0v) is 12.1. The van der Waals surface area contributed by atoms with E-state index in [0.29, 0.717) is 18.8 Å². The maximum Gasteiger partial charge on any atom is 0.290 e. The number of benzene rings is 1. The van der Waals surface area contributed by atoms with Gasteiger partial charge in [0, 0.05) is 6.54 Å². The van der Waals surface area contributed by atoms with Crippen molar-refractivity contribution < 1.29 is 4.39 Å². The van der Waals surface area contributed by atoms with E-state index in [1.165, 1.54) is 12.1 Å². The topological polar surface area (TPSA) is 52.9 Å². The van der Waals surface area contributed by atoms with Gasteiger partial charge in [0.15, 0.2) is 0 Å². The van der Waals surface area contributed by atoms with Crippen LogP contribution in [0.3, 0.4) is 0 Å². The summed E-state index contributed by atoms with van der Waals surface area (Å²) in [4.78, 5) is 12.3. The SMILES string of the molecule is CCn1c(C(C)C)c(N)c(=O)n1Cc1ccc(F)cc1. The summed E-state index contributed by atoms with van der Waals surface area (Å²) in [5.41, 5.74) is 7.80. The van der Waals surface area contributed by atoms with Crippen molar-refractivity contribution in [3.63, 3.8) is 0 Å². The molecule has 108 valence electrons. The van der Waals surface area contributed by atoms with Crippen LogP contribution in [0.25, 0.3) is 0 Å². The molecule has 0 unspecified atom stereocenters. The second kappa shape index (κ2) is 5.53. The van der Waals surface area contributed by atoms with E-state index in [4.69, 9.17) is 5.73 Å². The van der Waals surface area contributed by atoms with Gasteiger partial charge < -0.3 is 5.73 Å². The summed E-state index contributed by atoms with van der Waals surface area (Å²) in [6.45, 7) is 7.07. The van der Waals surface area contributed by atoms with Crippen LogP contribution < -0.4 is 11.3 Å². The van der Waals surface area contributed by atoms with E-state index in [0.717, 1.165) is 11.3 Å². The summed E-state index contributed by atoms with van der Waals surface area (Å²) < 4.78 is 16.5. The van der Waals surface area contributed by atoms with Gasteiger partial charge in [0.05, 0.1) is 12.2 Å². The highest BCUT2D eigenvalue weighted by Gasteiger charge is 2.19. The molecule has 2 N–H and O–H groups in total. The molecule has 2 rings (SSSR count). The van der Waals surface area contributed by atoms with Crippen molar-refractivity contribution in [2.24, 2.45) is 0 Å². The molecule has 0 aliphatic heterocycles. The normalized spacial score (nSPS) is 11.2. The Morgan fingerprint density at radius 1 is 1.20 bits per heavy atom. The van der Waals surface area contributed by atoms with Gasteiger partial charge in [0.25, 0.3) is 5.56 Å². The molecule has 0 aliphatic rings. The molecule has 0 atom stereocenters. The second-order valence-corrected chi connectivity index (χ2v) is 5.16. The Morgan fingerprint density at radius 3 is 2.30 bits per heavy atom. The van der Waals surface area contributed by atoms with E-state index >= 15 is 0 Å². The van der Waals surface area contributed by atoms with Crippen molar-refractivity contribution in [3.8, 4) is 0 Å². The van der Waals surface area contributed by atoms with E-state index < -0.39 is 0 Å². The summed E-state index contributed by atoms with van der Waals surface area (Å²) in [5, 5.41) is 0. The second-order valence-electron chi connectivity index (χ2n) is 5.16. The highest BCUT2D eigenvalue weighted by molar-refractivity contribution is 5.43. The van der Waals surface area contributed by atoms with Crippen LogP contribution in [0, 0.1) is 5.82 Å². The Kier molecular flexibility index (Phi) is 3.97. The van der Waals surface area contributed by atoms with E-state index in [1.807, 2.05) is 25.5 Å². The number of hydrogen-bond acceptors (Lipinski definition) is 2. The molecule has 4 nitrogen and oxygen atoms in total. The van der Waals surface area contributed by atoms with Gasteiger partial charge in [-0.15, -0.1) is 0 Å². The summed E-state index contributed by atoms with van der Waals surface area (Å²) in [6, 6.07) is 6.15. The first-order valence-corrected chi connectivity index (χ1v) is 6.79. The minimum Gasteiger partial charge on any atom is -0.393 e. The van der Waals surface area contributed by atoms with Crippen molar-refractivity contribution in [3.05, 3.63) is 51.7 Å². The van der Waals surface area contributed by atoms with Gasteiger partial charge in [0.1, 0.15) is 11.5 Å². The molecule has 0 radical (unpaired) electrons. The van der Waals surface area contributed by atoms with Gasteiger partial charge in [0.2, 0.25) is 0 Å². The van der Waals surface area contributed by atoms with E-state index in [-0.39, 0.29) is 17.3 Å². The third kappa shape index (κ3) is 2.48. The fourth-order valence-corrected chi connectivity index (χ4v) is 2.50. The maximum atomic E-state index is 12.9. The van der Waals surface area contributed by atoms with Gasteiger partial charge >= 0.3 is 0 Å². The third-order valence-corrected chi connectivity index (χ3v) is 3.40. The van der Waals surface area contributed by atoms with Gasteiger partial charge in [-0.05, 0) is 30.5 Å². The first-order valence-electron chi connectivity index (χ1n) is 6.79. The molecule has 0 bridgehead atoms. The average Bonchev–Trinajstić information content (AvgIpc) is 2.65. The molecule has 0 spiro atoms. The van der Waals surface area contributed by atoms with Gasteiger partial charge in [-0.3, -0.25) is 9.48 Å². The molecule has 1 aromatic heterocycles. The minimum absolute atomic E-state index is 0.178. The smallest absolute Gasteiger partial charge is 0.290 e. The zero-order chi connectivity index (χ0) is 14.9. The fourth-order valence-electron chi connectivity index (χ4n) is 2.50. The third-order valence-electron chi connectivity index (χ3n) is 3.40. The van der Waals surface area contributed by atoms with Crippen LogP contribution in [0.4, 0.5) is 10.1 Å². The summed E-state index contributed by atoms with van der Waals surface area (Å²) >= 11 is 0. The average molecular weight is 277 g/mol. The standard InChI is InChI=1S/C15H20FN3O/c1-4-18-14(10(2)3)13(17)15(20)19(18)9-11-5-7-12(16)8-6-11/h5-8,10H,4,9,17H2,1-3H3. The Labute approximate surface area is 117 Å². The Hall–Kier alpha value is -2.04. The molecule has 0 saturated heterocycles. The summed E-state index contributed by atoms with van der Waals surface area (Å²) in [6.07, 6.45) is 0. The predicted molar refractivity (Wildman–Crippen MR) is 78.4 cm³/mol. The lowest BCUT2D eigenvalue weighted by molar-refractivity contribution is 0.464. The van der Waals surface area contributed by atoms with E-state index in [1.54, 1.807) is 16.8 Å². The van der Waals surface area contributed by atoms with Crippen LogP contribution in [-0.4, -0.2) is 9.36 Å². The molecule has 0 aliphatic carbocycles. The molecular weight excluding hydrogens is 257 g/mol. The number of hydrogen-bond donors (Lipinski definition) is 1. The Bertz CT molecular complexity index is 653. The number of rotatable bonds is 4. The van der Waals surface area contributed by atoms with Crippen molar-refractivity contribution in [1.29, 1.82) is 0 Å². The van der Waals surface area contributed by atoms with Crippen LogP contribution >= 0.6 is 0 Å². The first kappa shape index (κ1) is 14.4. The van der Waals surface area contributed by atoms with Crippen molar-refractivity contribution in [2.45, 2.75) is 39.8 Å². The number of nitrogen functional groups attached to an aromatic ring is 1. The molecule has 0 saturated carbocycles. The van der Waals surface area contributed by atoms with Crippen LogP contribution in [0.15, 0.2) is 29.1 Å². The van der Waals surface area contributed by atoms with Crippen molar-refractivity contribution in [1.82, 2.24) is 9.36 Å². The maximum absolute atomic E-state index is 12.9. The molecule has 1 aromatic carbocycles. The van der Waals surface area contributed by atoms with E-state index in [9.17, 15) is 9.18 Å². The first-order chi connectivity index (χ1) is 9.45. The molecular formula is C15H20FN3O. The lowest BCUT2D eigenvalue weighted by Crippen LogP contribution is -2.24. The molecule has 0 amide bonds. The number of halogens is 1. The number of aromatic nitrogens is 2. The zero-order valence-electron chi connectivity index (χ0n) is 12.1. The van der Waals surface area contributed by atoms with Crippen LogP contribution in [0.5, 0.6) is 0 Å². The molecule has 2 aromatic rings. The molecule has 20 heavy (non-hydrogen) atoms. The van der Waals surface area contributed by atoms with Gasteiger partial charge in [-0.1, -0.05) is 26.0 Å². The molecule has 5 heteroatoms. The largest absolute Gasteiger partial charge is 0.393 e. The Balaban J connectivity index is 2.49. The molecule has 1 heterocycles. The fraction of sp³-hybridized carbons (Fsp3) is 0.400. The number of anilines is 1. The Morgan fingerprint density at radius 2 is 1.80 bits per heavy atom. The lowest BCUT2D eigenvalue weighted by atomic mass is 10.1. The highest BCUT2D eigenvalue weighted by atomic mass is 19.1. The minimum atomic E-state index is -0.283. The van der Waals surface area contributed by atoms with Crippen molar-refractivity contribution >= 4 is 5.69 Å². The van der Waals surface area contributed by atoms with E-state index in [2.05, 4.69) is 0 Å². The van der Waals surface area contributed by atoms with Gasteiger partial charge in [-0.25, -0.2) is 9.07 Å². The lowest BCUT2D eigenvalue weighted by Gasteiger charge is -2.15. The quantitative estimate of drug-likeness (QED) is 0.933. The summed E-state index contributed by atoms with van der Waals surface area (Å²) in [5.74, 6) is -0.105.